The predicted octanol–water partition coefficient (Wildman–Crippen LogP) is 2.61. The zero-order valence-electron chi connectivity index (χ0n) is 11.4. The number of benzene rings is 1. The number of hydrogen-bond donors (Lipinski definition) is 2. The fourth-order valence-corrected chi connectivity index (χ4v) is 2.46. The maximum atomic E-state index is 12.3. The number of aromatic nitrogens is 1. The number of para-hydroxylation sites is 1. The van der Waals surface area contributed by atoms with Crippen LogP contribution in [0.3, 0.4) is 0 Å². The van der Waals surface area contributed by atoms with Crippen molar-refractivity contribution in [2.24, 2.45) is 5.92 Å². The third kappa shape index (κ3) is 2.64. The first kappa shape index (κ1) is 12.7. The number of carbonyl (C=O) groups excluding carboxylic acids is 1. The van der Waals surface area contributed by atoms with Crippen LogP contribution in [0.4, 0.5) is 11.5 Å². The van der Waals surface area contributed by atoms with Gasteiger partial charge in [0, 0.05) is 18.4 Å². The van der Waals surface area contributed by atoms with Gasteiger partial charge >= 0.3 is 0 Å². The van der Waals surface area contributed by atoms with Crippen molar-refractivity contribution in [1.82, 2.24) is 4.98 Å². The lowest BCUT2D eigenvalue weighted by atomic mass is 9.93. The van der Waals surface area contributed by atoms with Crippen LogP contribution in [0.25, 0.3) is 0 Å². The molecule has 0 aliphatic carbocycles. The number of nitrogens with one attached hydrogen (secondary N) is 2. The Labute approximate surface area is 118 Å². The molecule has 2 aromatic rings. The Bertz CT molecular complexity index is 639. The predicted molar refractivity (Wildman–Crippen MR) is 79.7 cm³/mol. The fourth-order valence-electron chi connectivity index (χ4n) is 2.46. The van der Waals surface area contributed by atoms with Crippen LogP contribution in [-0.2, 0) is 11.2 Å². The summed E-state index contributed by atoms with van der Waals surface area (Å²) in [6.07, 6.45) is 2.47. The minimum absolute atomic E-state index is 0.0186. The minimum Gasteiger partial charge on any atom is -0.384 e. The molecule has 20 heavy (non-hydrogen) atoms. The summed E-state index contributed by atoms with van der Waals surface area (Å²) >= 11 is 0. The molecule has 0 saturated carbocycles. The lowest BCUT2D eigenvalue weighted by Gasteiger charge is -2.25. The summed E-state index contributed by atoms with van der Waals surface area (Å²) in [6, 6.07) is 11.9. The summed E-state index contributed by atoms with van der Waals surface area (Å²) in [5.41, 5.74) is 3.41. The highest BCUT2D eigenvalue weighted by molar-refractivity contribution is 5.92. The lowest BCUT2D eigenvalue weighted by molar-refractivity contribution is -0.119. The summed E-state index contributed by atoms with van der Waals surface area (Å²) in [5, 5.41) is 6.20. The van der Waals surface area contributed by atoms with Crippen LogP contribution in [0.15, 0.2) is 42.6 Å². The molecule has 1 aliphatic heterocycles. The van der Waals surface area contributed by atoms with Crippen LogP contribution < -0.4 is 10.6 Å². The Hall–Kier alpha value is -2.36. The van der Waals surface area contributed by atoms with Crippen LogP contribution >= 0.6 is 0 Å². The van der Waals surface area contributed by atoms with Crippen LogP contribution in [-0.4, -0.2) is 17.4 Å². The smallest absolute Gasteiger partial charge is 0.230 e. The highest BCUT2D eigenvalue weighted by Crippen LogP contribution is 2.24. The van der Waals surface area contributed by atoms with Gasteiger partial charge in [-0.2, -0.15) is 0 Å². The Morgan fingerprint density at radius 3 is 3.05 bits per heavy atom. The molecule has 4 nitrogen and oxygen atoms in total. The molecule has 102 valence electrons. The number of anilines is 2. The molecule has 3 rings (SSSR count). The van der Waals surface area contributed by atoms with Gasteiger partial charge in [-0.25, -0.2) is 4.98 Å². The SMILES string of the molecule is Cc1ccnc(NC(=O)C2CNc3ccccc3C2)c1. The van der Waals surface area contributed by atoms with Crippen LogP contribution in [0.1, 0.15) is 11.1 Å². The van der Waals surface area contributed by atoms with Crippen molar-refractivity contribution in [3.8, 4) is 0 Å². The van der Waals surface area contributed by atoms with Gasteiger partial charge in [-0.05, 0) is 42.7 Å². The molecule has 0 radical (unpaired) electrons. The second kappa shape index (κ2) is 5.33. The van der Waals surface area contributed by atoms with E-state index in [1.165, 1.54) is 5.56 Å². The van der Waals surface area contributed by atoms with Gasteiger partial charge in [0.25, 0.3) is 0 Å². The molecule has 0 fully saturated rings. The second-order valence-electron chi connectivity index (χ2n) is 5.15. The van der Waals surface area contributed by atoms with Crippen LogP contribution in [0.5, 0.6) is 0 Å². The zero-order chi connectivity index (χ0) is 13.9. The van der Waals surface area contributed by atoms with E-state index < -0.39 is 0 Å². The standard InChI is InChI=1S/C16H17N3O/c1-11-6-7-17-15(8-11)19-16(20)13-9-12-4-2-3-5-14(12)18-10-13/h2-8,13,18H,9-10H2,1H3,(H,17,19,20). The van der Waals surface area contributed by atoms with E-state index in [0.29, 0.717) is 12.4 Å². The molecule has 1 aliphatic rings. The monoisotopic (exact) mass is 267 g/mol. The van der Waals surface area contributed by atoms with Gasteiger partial charge in [0.15, 0.2) is 0 Å². The Balaban J connectivity index is 1.70. The van der Waals surface area contributed by atoms with Crippen molar-refractivity contribution < 1.29 is 4.79 Å². The minimum atomic E-state index is -0.0628. The molecule has 1 unspecified atom stereocenters. The van der Waals surface area contributed by atoms with Gasteiger partial charge in [-0.1, -0.05) is 18.2 Å². The summed E-state index contributed by atoms with van der Waals surface area (Å²) < 4.78 is 0. The molecule has 0 saturated heterocycles. The lowest BCUT2D eigenvalue weighted by Crippen LogP contribution is -2.33. The third-order valence-electron chi connectivity index (χ3n) is 3.56. The number of pyridine rings is 1. The fraction of sp³-hybridized carbons (Fsp3) is 0.250. The summed E-state index contributed by atoms with van der Waals surface area (Å²) in [7, 11) is 0. The number of hydrogen-bond acceptors (Lipinski definition) is 3. The first-order valence-electron chi connectivity index (χ1n) is 6.77. The van der Waals surface area contributed by atoms with Crippen molar-refractivity contribution in [2.45, 2.75) is 13.3 Å². The van der Waals surface area contributed by atoms with Gasteiger partial charge in [-0.15, -0.1) is 0 Å². The van der Waals surface area contributed by atoms with Gasteiger partial charge in [0.05, 0.1) is 5.92 Å². The van der Waals surface area contributed by atoms with Crippen molar-refractivity contribution in [2.75, 3.05) is 17.2 Å². The average molecular weight is 267 g/mol. The number of nitrogens with zero attached hydrogens (tertiary/aromatic N) is 1. The average Bonchev–Trinajstić information content (AvgIpc) is 2.47. The highest BCUT2D eigenvalue weighted by atomic mass is 16.2. The maximum Gasteiger partial charge on any atom is 0.230 e. The van der Waals surface area contributed by atoms with Gasteiger partial charge < -0.3 is 10.6 Å². The Morgan fingerprint density at radius 2 is 2.20 bits per heavy atom. The second-order valence-corrected chi connectivity index (χ2v) is 5.15. The van der Waals surface area contributed by atoms with Gasteiger partial charge in [0.2, 0.25) is 5.91 Å². The van der Waals surface area contributed by atoms with E-state index in [4.69, 9.17) is 0 Å². The van der Waals surface area contributed by atoms with Gasteiger partial charge in [-0.3, -0.25) is 4.79 Å². The largest absolute Gasteiger partial charge is 0.384 e. The summed E-state index contributed by atoms with van der Waals surface area (Å²) in [6.45, 7) is 2.64. The molecule has 4 heteroatoms. The molecule has 1 atom stereocenters. The van der Waals surface area contributed by atoms with Crippen molar-refractivity contribution >= 4 is 17.4 Å². The normalized spacial score (nSPS) is 16.9. The number of fused-ring (bicyclic) bond motifs is 1. The molecule has 0 spiro atoms. The number of aryl methyl sites for hydroxylation is 1. The van der Waals surface area contributed by atoms with E-state index in [2.05, 4.69) is 21.7 Å². The molecule has 1 aromatic heterocycles. The number of carbonyl (C=O) groups is 1. The zero-order valence-corrected chi connectivity index (χ0v) is 11.4. The summed E-state index contributed by atoms with van der Waals surface area (Å²) in [4.78, 5) is 16.5. The van der Waals surface area contributed by atoms with Gasteiger partial charge in [0.1, 0.15) is 5.82 Å². The first-order chi connectivity index (χ1) is 9.72. The molecule has 0 bridgehead atoms. The van der Waals surface area contributed by atoms with Crippen molar-refractivity contribution in [3.05, 3.63) is 53.7 Å². The van der Waals surface area contributed by atoms with Crippen molar-refractivity contribution in [3.63, 3.8) is 0 Å². The molecule has 1 aromatic carbocycles. The van der Waals surface area contributed by atoms with Crippen LogP contribution in [0, 0.1) is 12.8 Å². The maximum absolute atomic E-state index is 12.3. The molecule has 2 heterocycles. The van der Waals surface area contributed by atoms with Crippen LogP contribution in [0.2, 0.25) is 0 Å². The van der Waals surface area contributed by atoms with E-state index in [0.717, 1.165) is 17.7 Å². The van der Waals surface area contributed by atoms with E-state index >= 15 is 0 Å². The van der Waals surface area contributed by atoms with E-state index in [1.54, 1.807) is 6.20 Å². The van der Waals surface area contributed by atoms with E-state index in [1.807, 2.05) is 37.3 Å². The summed E-state index contributed by atoms with van der Waals surface area (Å²) in [5.74, 6) is 0.575. The molecule has 2 N–H and O–H groups in total. The first-order valence-corrected chi connectivity index (χ1v) is 6.77. The molecule has 1 amide bonds. The van der Waals surface area contributed by atoms with E-state index in [-0.39, 0.29) is 11.8 Å². The number of amides is 1. The Morgan fingerprint density at radius 1 is 1.35 bits per heavy atom. The molecular weight excluding hydrogens is 250 g/mol. The third-order valence-corrected chi connectivity index (χ3v) is 3.56. The van der Waals surface area contributed by atoms with E-state index in [9.17, 15) is 4.79 Å². The highest BCUT2D eigenvalue weighted by Gasteiger charge is 2.24. The quantitative estimate of drug-likeness (QED) is 0.879. The Kier molecular flexibility index (Phi) is 3.37. The van der Waals surface area contributed by atoms with Crippen molar-refractivity contribution in [1.29, 1.82) is 0 Å². The topological polar surface area (TPSA) is 54.0 Å². The number of rotatable bonds is 2. The molecular formula is C16H17N3O.